The Labute approximate surface area is 88.5 Å². The molecule has 2 heterocycles. The molecule has 4 heteroatoms. The van der Waals surface area contributed by atoms with E-state index in [9.17, 15) is 4.39 Å². The van der Waals surface area contributed by atoms with E-state index in [1.165, 1.54) is 24.2 Å². The van der Waals surface area contributed by atoms with E-state index in [1.54, 1.807) is 0 Å². The number of hydrogen-bond donors (Lipinski definition) is 1. The third kappa shape index (κ3) is 1.39. The van der Waals surface area contributed by atoms with Crippen molar-refractivity contribution in [2.75, 3.05) is 0 Å². The molecule has 0 fully saturated rings. The Kier molecular flexibility index (Phi) is 2.06. The first-order valence-electron chi connectivity index (χ1n) is 5.73. The highest BCUT2D eigenvalue weighted by atomic mass is 19.1. The monoisotopic (exact) mass is 209 g/mol. The van der Waals surface area contributed by atoms with E-state index < -0.39 is 6.17 Å². The Morgan fingerprint density at radius 1 is 1.33 bits per heavy atom. The lowest BCUT2D eigenvalue weighted by atomic mass is 10.0. The lowest BCUT2D eigenvalue weighted by Gasteiger charge is -2.25. The number of alkyl halides is 1. The van der Waals surface area contributed by atoms with Crippen molar-refractivity contribution in [1.82, 2.24) is 9.55 Å². The SMILES string of the molecule is NC1CC(F)Cn2c1nc1c2CCCC1. The van der Waals surface area contributed by atoms with Crippen LogP contribution in [0.3, 0.4) is 0 Å². The minimum absolute atomic E-state index is 0.209. The van der Waals surface area contributed by atoms with Crippen LogP contribution in [0.5, 0.6) is 0 Å². The van der Waals surface area contributed by atoms with Crippen molar-refractivity contribution in [2.24, 2.45) is 5.73 Å². The summed E-state index contributed by atoms with van der Waals surface area (Å²) in [5, 5.41) is 0. The van der Waals surface area contributed by atoms with Gasteiger partial charge in [0.25, 0.3) is 0 Å². The average Bonchev–Trinajstić information content (AvgIpc) is 2.57. The van der Waals surface area contributed by atoms with Crippen LogP contribution in [0.4, 0.5) is 4.39 Å². The molecule has 0 spiro atoms. The molecule has 1 aromatic rings. The predicted octanol–water partition coefficient (Wildman–Crippen LogP) is 1.50. The molecule has 0 bridgehead atoms. The molecular formula is C11H16FN3. The topological polar surface area (TPSA) is 43.8 Å². The zero-order valence-corrected chi connectivity index (χ0v) is 8.75. The van der Waals surface area contributed by atoms with Gasteiger partial charge in [-0.3, -0.25) is 0 Å². The highest BCUT2D eigenvalue weighted by Crippen LogP contribution is 2.30. The molecule has 1 aliphatic carbocycles. The number of imidazole rings is 1. The molecule has 3 nitrogen and oxygen atoms in total. The van der Waals surface area contributed by atoms with Gasteiger partial charge < -0.3 is 10.3 Å². The average molecular weight is 209 g/mol. The lowest BCUT2D eigenvalue weighted by Crippen LogP contribution is -2.30. The van der Waals surface area contributed by atoms with Crippen LogP contribution in [-0.4, -0.2) is 15.7 Å². The van der Waals surface area contributed by atoms with Gasteiger partial charge in [-0.2, -0.15) is 0 Å². The molecular weight excluding hydrogens is 193 g/mol. The van der Waals surface area contributed by atoms with Crippen LogP contribution in [0.1, 0.15) is 42.5 Å². The highest BCUT2D eigenvalue weighted by molar-refractivity contribution is 5.23. The van der Waals surface area contributed by atoms with Gasteiger partial charge in [0.1, 0.15) is 12.0 Å². The summed E-state index contributed by atoms with van der Waals surface area (Å²) >= 11 is 0. The van der Waals surface area contributed by atoms with Crippen LogP contribution in [0.2, 0.25) is 0 Å². The first-order chi connectivity index (χ1) is 7.25. The number of rotatable bonds is 0. The summed E-state index contributed by atoms with van der Waals surface area (Å²) in [5.74, 6) is 0.913. The van der Waals surface area contributed by atoms with E-state index >= 15 is 0 Å². The maximum Gasteiger partial charge on any atom is 0.126 e. The fraction of sp³-hybridized carbons (Fsp3) is 0.727. The van der Waals surface area contributed by atoms with Crippen molar-refractivity contribution >= 4 is 0 Å². The van der Waals surface area contributed by atoms with E-state index in [0.29, 0.717) is 13.0 Å². The van der Waals surface area contributed by atoms with Crippen molar-refractivity contribution in [2.45, 2.75) is 50.9 Å². The summed E-state index contributed by atoms with van der Waals surface area (Å²) in [6.45, 7) is 0.464. The second-order valence-electron chi connectivity index (χ2n) is 4.62. The number of aryl methyl sites for hydroxylation is 1. The van der Waals surface area contributed by atoms with E-state index in [2.05, 4.69) is 4.98 Å². The highest BCUT2D eigenvalue weighted by Gasteiger charge is 2.30. The third-order valence-corrected chi connectivity index (χ3v) is 3.48. The Balaban J connectivity index is 2.08. The molecule has 3 rings (SSSR count). The zero-order valence-electron chi connectivity index (χ0n) is 8.75. The normalized spacial score (nSPS) is 29.7. The second kappa shape index (κ2) is 3.30. The Bertz CT molecular complexity index is 385. The molecule has 0 radical (unpaired) electrons. The van der Waals surface area contributed by atoms with Crippen LogP contribution < -0.4 is 5.73 Å². The molecule has 1 aliphatic heterocycles. The third-order valence-electron chi connectivity index (χ3n) is 3.48. The van der Waals surface area contributed by atoms with E-state index in [4.69, 9.17) is 5.73 Å². The maximum atomic E-state index is 13.4. The van der Waals surface area contributed by atoms with Crippen molar-refractivity contribution in [1.29, 1.82) is 0 Å². The van der Waals surface area contributed by atoms with Gasteiger partial charge in [0.05, 0.1) is 18.3 Å². The van der Waals surface area contributed by atoms with Crippen LogP contribution in [0.15, 0.2) is 0 Å². The van der Waals surface area contributed by atoms with E-state index in [-0.39, 0.29) is 6.04 Å². The van der Waals surface area contributed by atoms with Gasteiger partial charge in [0.2, 0.25) is 0 Å². The largest absolute Gasteiger partial charge is 0.328 e. The van der Waals surface area contributed by atoms with Gasteiger partial charge >= 0.3 is 0 Å². The van der Waals surface area contributed by atoms with Crippen molar-refractivity contribution in [3.63, 3.8) is 0 Å². The van der Waals surface area contributed by atoms with Crippen molar-refractivity contribution in [3.8, 4) is 0 Å². The first-order valence-corrected chi connectivity index (χ1v) is 5.73. The molecule has 2 unspecified atom stereocenters. The van der Waals surface area contributed by atoms with Gasteiger partial charge in [0, 0.05) is 12.1 Å². The minimum Gasteiger partial charge on any atom is -0.328 e. The minimum atomic E-state index is -0.798. The molecule has 1 aromatic heterocycles. The number of nitrogens with zero attached hydrogens (tertiary/aromatic N) is 2. The molecule has 2 atom stereocenters. The summed E-state index contributed by atoms with van der Waals surface area (Å²) in [5.41, 5.74) is 8.34. The zero-order chi connectivity index (χ0) is 10.4. The van der Waals surface area contributed by atoms with Gasteiger partial charge in [-0.25, -0.2) is 9.37 Å². The summed E-state index contributed by atoms with van der Waals surface area (Å²) in [4.78, 5) is 4.58. The molecule has 0 saturated heterocycles. The smallest absolute Gasteiger partial charge is 0.126 e. The summed E-state index contributed by atoms with van der Waals surface area (Å²) < 4.78 is 15.5. The molecule has 0 aromatic carbocycles. The first kappa shape index (κ1) is 9.33. The molecule has 0 amide bonds. The lowest BCUT2D eigenvalue weighted by molar-refractivity contribution is 0.227. The van der Waals surface area contributed by atoms with Crippen LogP contribution in [0, 0.1) is 0 Å². The Hall–Kier alpha value is -0.900. The maximum absolute atomic E-state index is 13.4. The fourth-order valence-corrected chi connectivity index (χ4v) is 2.76. The van der Waals surface area contributed by atoms with Crippen LogP contribution >= 0.6 is 0 Å². The summed E-state index contributed by atoms with van der Waals surface area (Å²) in [7, 11) is 0. The second-order valence-corrected chi connectivity index (χ2v) is 4.62. The number of nitrogens with two attached hydrogens (primary N) is 1. The van der Waals surface area contributed by atoms with Crippen LogP contribution in [0.25, 0.3) is 0 Å². The molecule has 0 saturated carbocycles. The summed E-state index contributed by atoms with van der Waals surface area (Å²) in [6.07, 6.45) is 4.12. The van der Waals surface area contributed by atoms with E-state index in [1.807, 2.05) is 4.57 Å². The van der Waals surface area contributed by atoms with Crippen LogP contribution in [-0.2, 0) is 19.4 Å². The fourth-order valence-electron chi connectivity index (χ4n) is 2.76. The number of fused-ring (bicyclic) bond motifs is 3. The van der Waals surface area contributed by atoms with Gasteiger partial charge in [0.15, 0.2) is 0 Å². The molecule has 15 heavy (non-hydrogen) atoms. The Morgan fingerprint density at radius 3 is 3.00 bits per heavy atom. The standard InChI is InChI=1S/C11H16FN3/c12-7-5-8(13)11-14-9-3-1-2-4-10(9)15(11)6-7/h7-8H,1-6,13H2. The predicted molar refractivity (Wildman–Crippen MR) is 55.3 cm³/mol. The van der Waals surface area contributed by atoms with Crippen molar-refractivity contribution in [3.05, 3.63) is 17.2 Å². The van der Waals surface area contributed by atoms with Gasteiger partial charge in [-0.05, 0) is 25.7 Å². The molecule has 82 valence electrons. The van der Waals surface area contributed by atoms with Crippen molar-refractivity contribution < 1.29 is 4.39 Å². The van der Waals surface area contributed by atoms with E-state index in [0.717, 1.165) is 18.7 Å². The number of aromatic nitrogens is 2. The summed E-state index contributed by atoms with van der Waals surface area (Å²) in [6, 6.07) is -0.209. The number of halogens is 1. The Morgan fingerprint density at radius 2 is 2.13 bits per heavy atom. The quantitative estimate of drug-likeness (QED) is 0.703. The van der Waals surface area contributed by atoms with Gasteiger partial charge in [-0.1, -0.05) is 0 Å². The number of hydrogen-bond acceptors (Lipinski definition) is 2. The molecule has 2 aliphatic rings. The molecule has 2 N–H and O–H groups in total. The van der Waals surface area contributed by atoms with Gasteiger partial charge in [-0.15, -0.1) is 0 Å².